The lowest BCUT2D eigenvalue weighted by Gasteiger charge is -2.26. The third kappa shape index (κ3) is 8.70. The van der Waals surface area contributed by atoms with Gasteiger partial charge in [0.2, 0.25) is 0 Å². The average molecular weight is 500 g/mol. The quantitative estimate of drug-likeness (QED) is 0.133. The van der Waals surface area contributed by atoms with Gasteiger partial charge >= 0.3 is 0 Å². The Labute approximate surface area is 215 Å². The van der Waals surface area contributed by atoms with Crippen LogP contribution in [0.5, 0.6) is 5.75 Å². The highest BCUT2D eigenvalue weighted by atomic mass is 35.5. The van der Waals surface area contributed by atoms with Gasteiger partial charge in [-0.1, -0.05) is 42.8 Å². The maximum absolute atomic E-state index is 11.4. The van der Waals surface area contributed by atoms with Gasteiger partial charge in [-0.25, -0.2) is 0 Å². The molecule has 3 nitrogen and oxygen atoms in total. The van der Waals surface area contributed by atoms with Gasteiger partial charge < -0.3 is 9.64 Å². The summed E-state index contributed by atoms with van der Waals surface area (Å²) in [5.41, 5.74) is 3.04. The second-order valence-electron chi connectivity index (χ2n) is 9.48. The number of rotatable bonds is 13. The standard InChI is InChI=1S/C29H38ClNO2S/c1-23(22-34)9-5-3-2-4-6-16-31-19-26(12-7-10-24-11-8-13-27(30)17-24)21-33-29-15-14-25(20-32)18-28(29)31/h3,5,8,11,13-15,17-18,20,23,26,34H,2,4,6-7,9-10,12,16,19,21-22H2,1H3/b5-3+/t23-,26?/m0/s1. The Kier molecular flexibility index (Phi) is 11.4. The van der Waals surface area contributed by atoms with Crippen LogP contribution in [0, 0.1) is 11.8 Å². The number of thiol groups is 1. The number of unbranched alkanes of at least 4 members (excludes halogenated alkanes) is 2. The highest BCUT2D eigenvalue weighted by Gasteiger charge is 2.23. The van der Waals surface area contributed by atoms with Crippen LogP contribution < -0.4 is 9.64 Å². The van der Waals surface area contributed by atoms with E-state index in [0.717, 1.165) is 86.5 Å². The van der Waals surface area contributed by atoms with Crippen LogP contribution in [0.15, 0.2) is 54.6 Å². The van der Waals surface area contributed by atoms with Crippen LogP contribution in [-0.2, 0) is 6.42 Å². The molecule has 1 aliphatic heterocycles. The minimum atomic E-state index is 0.453. The van der Waals surface area contributed by atoms with E-state index in [1.807, 2.05) is 30.3 Å². The molecule has 0 fully saturated rings. The molecule has 0 spiro atoms. The van der Waals surface area contributed by atoms with E-state index in [1.165, 1.54) is 5.56 Å². The van der Waals surface area contributed by atoms with E-state index >= 15 is 0 Å². The van der Waals surface area contributed by atoms with Gasteiger partial charge in [-0.15, -0.1) is 0 Å². The third-order valence-corrected chi connectivity index (χ3v) is 7.30. The molecule has 2 atom stereocenters. The van der Waals surface area contributed by atoms with Gasteiger partial charge in [-0.3, -0.25) is 4.79 Å². The molecule has 34 heavy (non-hydrogen) atoms. The van der Waals surface area contributed by atoms with Crippen molar-refractivity contribution in [3.63, 3.8) is 0 Å². The number of aldehydes is 1. The van der Waals surface area contributed by atoms with Crippen molar-refractivity contribution < 1.29 is 9.53 Å². The molecule has 1 unspecified atom stereocenters. The third-order valence-electron chi connectivity index (χ3n) is 6.45. The summed E-state index contributed by atoms with van der Waals surface area (Å²) in [6, 6.07) is 13.9. The van der Waals surface area contributed by atoms with Gasteiger partial charge in [0.05, 0.1) is 12.3 Å². The van der Waals surface area contributed by atoms with Gasteiger partial charge in [-0.05, 0) is 92.5 Å². The van der Waals surface area contributed by atoms with E-state index in [4.69, 9.17) is 16.3 Å². The molecule has 184 valence electrons. The molecule has 1 heterocycles. The summed E-state index contributed by atoms with van der Waals surface area (Å²) < 4.78 is 6.21. The van der Waals surface area contributed by atoms with Crippen molar-refractivity contribution in [1.29, 1.82) is 0 Å². The number of aryl methyl sites for hydroxylation is 1. The Bertz CT molecular complexity index is 932. The monoisotopic (exact) mass is 499 g/mol. The second kappa shape index (κ2) is 14.5. The van der Waals surface area contributed by atoms with E-state index in [9.17, 15) is 4.79 Å². The number of carbonyl (C=O) groups is 1. The minimum Gasteiger partial charge on any atom is -0.491 e. The van der Waals surface area contributed by atoms with E-state index in [2.05, 4.69) is 48.7 Å². The number of carbonyl (C=O) groups excluding carboxylic acids is 1. The predicted octanol–water partition coefficient (Wildman–Crippen LogP) is 7.67. The lowest BCUT2D eigenvalue weighted by Crippen LogP contribution is -2.30. The van der Waals surface area contributed by atoms with Gasteiger partial charge in [0.25, 0.3) is 0 Å². The van der Waals surface area contributed by atoms with Crippen LogP contribution in [0.25, 0.3) is 0 Å². The first-order valence-electron chi connectivity index (χ1n) is 12.6. The van der Waals surface area contributed by atoms with Crippen molar-refractivity contribution in [3.05, 3.63) is 70.8 Å². The number of benzene rings is 2. The van der Waals surface area contributed by atoms with Crippen LogP contribution >= 0.6 is 24.2 Å². The zero-order chi connectivity index (χ0) is 24.2. The Balaban J connectivity index is 1.56. The second-order valence-corrected chi connectivity index (χ2v) is 10.3. The molecular formula is C29H38ClNO2S. The fourth-order valence-corrected chi connectivity index (χ4v) is 4.77. The highest BCUT2D eigenvalue weighted by Crippen LogP contribution is 2.34. The SMILES string of the molecule is C[C@H](CS)C/C=C/CCCCN1CC(CCCc2cccc(Cl)c2)COc2ccc(C=O)cc21. The minimum absolute atomic E-state index is 0.453. The first-order chi connectivity index (χ1) is 16.6. The van der Waals surface area contributed by atoms with Crippen molar-refractivity contribution in [3.8, 4) is 5.75 Å². The largest absolute Gasteiger partial charge is 0.491 e. The summed E-state index contributed by atoms with van der Waals surface area (Å²) in [6.07, 6.45) is 13.2. The molecule has 5 heteroatoms. The number of hydrogen-bond acceptors (Lipinski definition) is 4. The summed E-state index contributed by atoms with van der Waals surface area (Å²) in [4.78, 5) is 13.8. The van der Waals surface area contributed by atoms with E-state index in [1.54, 1.807) is 0 Å². The van der Waals surface area contributed by atoms with Crippen molar-refractivity contribution >= 4 is 36.2 Å². The summed E-state index contributed by atoms with van der Waals surface area (Å²) in [5, 5.41) is 0.800. The van der Waals surface area contributed by atoms with Crippen LogP contribution in [-0.4, -0.2) is 31.7 Å². The number of ether oxygens (including phenoxy) is 1. The van der Waals surface area contributed by atoms with E-state index < -0.39 is 0 Å². The van der Waals surface area contributed by atoms with Crippen molar-refractivity contribution in [1.82, 2.24) is 0 Å². The summed E-state index contributed by atoms with van der Waals surface area (Å²) in [5.74, 6) is 2.91. The van der Waals surface area contributed by atoms with Crippen molar-refractivity contribution in [2.45, 2.75) is 51.9 Å². The Morgan fingerprint density at radius 1 is 1.18 bits per heavy atom. The maximum atomic E-state index is 11.4. The van der Waals surface area contributed by atoms with Gasteiger partial charge in [-0.2, -0.15) is 12.6 Å². The number of anilines is 1. The Morgan fingerprint density at radius 3 is 2.85 bits per heavy atom. The molecule has 0 saturated heterocycles. The maximum Gasteiger partial charge on any atom is 0.150 e. The lowest BCUT2D eigenvalue weighted by atomic mass is 9.99. The number of fused-ring (bicyclic) bond motifs is 1. The topological polar surface area (TPSA) is 29.5 Å². The summed E-state index contributed by atoms with van der Waals surface area (Å²) >= 11 is 10.5. The average Bonchev–Trinajstić information content (AvgIpc) is 3.02. The molecule has 0 radical (unpaired) electrons. The van der Waals surface area contributed by atoms with Gasteiger partial charge in [0.15, 0.2) is 0 Å². The molecule has 0 amide bonds. The van der Waals surface area contributed by atoms with E-state index in [-0.39, 0.29) is 0 Å². The molecule has 0 aromatic heterocycles. The normalized spacial score (nSPS) is 16.7. The zero-order valence-corrected chi connectivity index (χ0v) is 21.9. The fourth-order valence-electron chi connectivity index (χ4n) is 4.41. The molecule has 0 N–H and O–H groups in total. The van der Waals surface area contributed by atoms with Gasteiger partial charge in [0.1, 0.15) is 12.0 Å². The van der Waals surface area contributed by atoms with Crippen LogP contribution in [0.4, 0.5) is 5.69 Å². The van der Waals surface area contributed by atoms with Gasteiger partial charge in [0, 0.05) is 29.6 Å². The number of allylic oxidation sites excluding steroid dienone is 2. The fraction of sp³-hybridized carbons (Fsp3) is 0.483. The van der Waals surface area contributed by atoms with Crippen molar-refractivity contribution in [2.24, 2.45) is 11.8 Å². The summed E-state index contributed by atoms with van der Waals surface area (Å²) in [7, 11) is 0. The first kappa shape index (κ1) is 26.7. The number of nitrogens with zero attached hydrogens (tertiary/aromatic N) is 1. The van der Waals surface area contributed by atoms with Crippen LogP contribution in [0.3, 0.4) is 0 Å². The molecular weight excluding hydrogens is 462 g/mol. The summed E-state index contributed by atoms with van der Waals surface area (Å²) in [6.45, 7) is 4.88. The number of halogens is 1. The molecule has 0 aliphatic carbocycles. The first-order valence-corrected chi connectivity index (χ1v) is 13.6. The molecule has 1 aliphatic rings. The highest BCUT2D eigenvalue weighted by molar-refractivity contribution is 7.80. The smallest absolute Gasteiger partial charge is 0.150 e. The van der Waals surface area contributed by atoms with E-state index in [0.29, 0.717) is 24.0 Å². The van der Waals surface area contributed by atoms with Crippen LogP contribution in [0.1, 0.15) is 61.4 Å². The lowest BCUT2D eigenvalue weighted by molar-refractivity contribution is 0.112. The molecule has 2 aromatic carbocycles. The molecule has 0 bridgehead atoms. The zero-order valence-electron chi connectivity index (χ0n) is 20.3. The molecule has 0 saturated carbocycles. The molecule has 3 rings (SSSR count). The van der Waals surface area contributed by atoms with Crippen LogP contribution in [0.2, 0.25) is 5.02 Å². The Hall–Kier alpha value is -1.91. The molecule has 2 aromatic rings. The van der Waals surface area contributed by atoms with Crippen molar-refractivity contribution in [2.75, 3.05) is 30.3 Å². The number of hydrogen-bond donors (Lipinski definition) is 1. The predicted molar refractivity (Wildman–Crippen MR) is 148 cm³/mol. The Morgan fingerprint density at radius 2 is 2.06 bits per heavy atom.